The highest BCUT2D eigenvalue weighted by molar-refractivity contribution is 5.81. The lowest BCUT2D eigenvalue weighted by Gasteiger charge is -2.41. The molecule has 0 aliphatic carbocycles. The fourth-order valence-corrected chi connectivity index (χ4v) is 6.35. The van der Waals surface area contributed by atoms with Crippen molar-refractivity contribution in [2.24, 2.45) is 0 Å². The number of esters is 1. The van der Waals surface area contributed by atoms with Crippen molar-refractivity contribution in [3.63, 3.8) is 0 Å². The van der Waals surface area contributed by atoms with Gasteiger partial charge in [0.25, 0.3) is 0 Å². The second-order valence-electron chi connectivity index (χ2n) is 12.2. The van der Waals surface area contributed by atoms with Crippen molar-refractivity contribution >= 4 is 17.4 Å². The number of piperidine rings is 1. The van der Waals surface area contributed by atoms with Gasteiger partial charge in [-0.2, -0.15) is 0 Å². The van der Waals surface area contributed by atoms with Crippen LogP contribution in [0.4, 0.5) is 10.2 Å². The number of carbonyl (C=O) groups is 1. The topological polar surface area (TPSA) is 74.5 Å². The molecule has 1 saturated heterocycles. The molecule has 3 aliphatic heterocycles. The Morgan fingerprint density at radius 2 is 1.87 bits per heavy atom. The molecule has 2 aromatic heterocycles. The lowest BCUT2D eigenvalue weighted by atomic mass is 9.92. The molecule has 2 atom stereocenters. The third-order valence-corrected chi connectivity index (χ3v) is 8.91. The van der Waals surface area contributed by atoms with Crippen LogP contribution < -0.4 is 9.64 Å². The molecule has 45 heavy (non-hydrogen) atoms. The Bertz CT molecular complexity index is 1740. The molecule has 3 aliphatic rings. The predicted molar refractivity (Wildman–Crippen MR) is 172 cm³/mol. The van der Waals surface area contributed by atoms with Crippen LogP contribution in [0, 0.1) is 12.7 Å². The molecule has 4 aromatic rings. The number of aromatic nitrogens is 2. The summed E-state index contributed by atoms with van der Waals surface area (Å²) in [7, 11) is 2.90. The van der Waals surface area contributed by atoms with Crippen molar-refractivity contribution in [2.45, 2.75) is 57.8 Å². The van der Waals surface area contributed by atoms with E-state index < -0.39 is 12.1 Å². The summed E-state index contributed by atoms with van der Waals surface area (Å²) < 4.78 is 40.0. The van der Waals surface area contributed by atoms with Gasteiger partial charge >= 0.3 is 5.97 Å². The summed E-state index contributed by atoms with van der Waals surface area (Å²) >= 11 is 0. The summed E-state index contributed by atoms with van der Waals surface area (Å²) in [5.74, 6) is 0.535. The van der Waals surface area contributed by atoms with Crippen molar-refractivity contribution in [1.29, 1.82) is 0 Å². The average molecular weight is 614 g/mol. The third kappa shape index (κ3) is 6.19. The second-order valence-corrected chi connectivity index (χ2v) is 12.2. The van der Waals surface area contributed by atoms with E-state index >= 15 is 0 Å². The molecular weight excluding hydrogens is 573 g/mol. The van der Waals surface area contributed by atoms with Crippen LogP contribution >= 0.6 is 0 Å². The van der Waals surface area contributed by atoms with E-state index in [0.29, 0.717) is 18.8 Å². The van der Waals surface area contributed by atoms with Crippen molar-refractivity contribution in [1.82, 2.24) is 9.38 Å². The van der Waals surface area contributed by atoms with Gasteiger partial charge in [0.15, 0.2) is 6.10 Å². The average Bonchev–Trinajstić information content (AvgIpc) is 3.45. The molecule has 0 saturated carbocycles. The van der Waals surface area contributed by atoms with Crippen LogP contribution in [0.1, 0.15) is 50.3 Å². The number of hydrogen-bond acceptors (Lipinski definition) is 7. The number of benzene rings is 2. The van der Waals surface area contributed by atoms with Gasteiger partial charge in [0.2, 0.25) is 0 Å². The van der Waals surface area contributed by atoms with Crippen LogP contribution in [0.25, 0.3) is 28.0 Å². The quantitative estimate of drug-likeness (QED) is 0.181. The maximum atomic E-state index is 14.4. The van der Waals surface area contributed by atoms with Gasteiger partial charge in [-0.25, -0.2) is 14.2 Å². The first-order valence-corrected chi connectivity index (χ1v) is 15.4. The zero-order valence-electron chi connectivity index (χ0n) is 26.5. The minimum absolute atomic E-state index is 0.162. The third-order valence-electron chi connectivity index (χ3n) is 8.91. The molecule has 0 spiro atoms. The number of halogens is 1. The second kappa shape index (κ2) is 12.7. The molecule has 9 heteroatoms. The van der Waals surface area contributed by atoms with Crippen molar-refractivity contribution in [2.75, 3.05) is 38.8 Å². The Hall–Kier alpha value is -4.21. The summed E-state index contributed by atoms with van der Waals surface area (Å²) in [5.41, 5.74) is 5.46. The van der Waals surface area contributed by atoms with Crippen molar-refractivity contribution in [3.8, 4) is 28.1 Å². The number of aryl methyl sites for hydroxylation is 1. The SMILES string of the molecule is COC(=O)C(OC)c1c(C)cc2nc3cn2c1N1CCC(C)(CC1)OCC=CCC(C)Oc1cc(F)ccc1-c1cccc-3c1. The van der Waals surface area contributed by atoms with E-state index in [-0.39, 0.29) is 17.5 Å². The van der Waals surface area contributed by atoms with Crippen molar-refractivity contribution in [3.05, 3.63) is 83.8 Å². The molecule has 2 unspecified atom stereocenters. The predicted octanol–water partition coefficient (Wildman–Crippen LogP) is 7.08. The Morgan fingerprint density at radius 3 is 2.62 bits per heavy atom. The van der Waals surface area contributed by atoms with E-state index in [0.717, 1.165) is 70.9 Å². The number of carbonyl (C=O) groups excluding carboxylic acids is 1. The molecular formula is C36H40FN3O5. The van der Waals surface area contributed by atoms with E-state index in [4.69, 9.17) is 23.9 Å². The van der Waals surface area contributed by atoms with Gasteiger partial charge in [-0.1, -0.05) is 30.4 Å². The van der Waals surface area contributed by atoms with Gasteiger partial charge in [0.1, 0.15) is 23.0 Å². The molecule has 236 valence electrons. The van der Waals surface area contributed by atoms with E-state index in [1.807, 2.05) is 56.5 Å². The first-order valence-electron chi connectivity index (χ1n) is 15.4. The maximum Gasteiger partial charge on any atom is 0.339 e. The molecule has 0 radical (unpaired) electrons. The smallest absolute Gasteiger partial charge is 0.339 e. The zero-order chi connectivity index (χ0) is 31.7. The molecule has 8 nitrogen and oxygen atoms in total. The van der Waals surface area contributed by atoms with Crippen LogP contribution in [0.5, 0.6) is 5.75 Å². The highest BCUT2D eigenvalue weighted by atomic mass is 19.1. The Morgan fingerprint density at radius 1 is 1.09 bits per heavy atom. The molecule has 1 fully saturated rings. The Balaban J connectivity index is 1.54. The van der Waals surface area contributed by atoms with E-state index in [1.165, 1.54) is 26.4 Å². The summed E-state index contributed by atoms with van der Waals surface area (Å²) in [6.07, 6.45) is 7.30. The number of fused-ring (bicyclic) bond motifs is 7. The summed E-state index contributed by atoms with van der Waals surface area (Å²) in [6.45, 7) is 8.06. The summed E-state index contributed by atoms with van der Waals surface area (Å²) in [5, 5.41) is 0. The number of rotatable bonds is 3. The minimum atomic E-state index is -0.900. The fourth-order valence-electron chi connectivity index (χ4n) is 6.35. The van der Waals surface area contributed by atoms with Gasteiger partial charge in [0.05, 0.1) is 31.1 Å². The minimum Gasteiger partial charge on any atom is -0.490 e. The number of ether oxygens (including phenoxy) is 4. The van der Waals surface area contributed by atoms with E-state index in [9.17, 15) is 9.18 Å². The number of imidazole rings is 1. The molecule has 0 N–H and O–H groups in total. The molecule has 6 bridgehead atoms. The highest BCUT2D eigenvalue weighted by Crippen LogP contribution is 2.39. The lowest BCUT2D eigenvalue weighted by Crippen LogP contribution is -2.45. The Kier molecular flexibility index (Phi) is 8.66. The number of methoxy groups -OCH3 is 2. The largest absolute Gasteiger partial charge is 0.490 e. The highest BCUT2D eigenvalue weighted by Gasteiger charge is 2.35. The van der Waals surface area contributed by atoms with Gasteiger partial charge in [-0.15, -0.1) is 0 Å². The summed E-state index contributed by atoms with van der Waals surface area (Å²) in [6, 6.07) is 14.7. The first-order chi connectivity index (χ1) is 21.7. The number of anilines is 1. The van der Waals surface area contributed by atoms with Gasteiger partial charge in [-0.3, -0.25) is 4.40 Å². The monoisotopic (exact) mass is 613 g/mol. The molecule has 7 rings (SSSR count). The van der Waals surface area contributed by atoms with Crippen LogP contribution in [-0.2, 0) is 19.0 Å². The summed E-state index contributed by atoms with van der Waals surface area (Å²) in [4.78, 5) is 20.3. The van der Waals surface area contributed by atoms with Gasteiger partial charge in [-0.05, 0) is 69.0 Å². The first kappa shape index (κ1) is 30.8. The van der Waals surface area contributed by atoms with Crippen LogP contribution in [0.2, 0.25) is 0 Å². The molecule has 0 amide bonds. The van der Waals surface area contributed by atoms with E-state index in [2.05, 4.69) is 22.3 Å². The van der Waals surface area contributed by atoms with Crippen LogP contribution in [-0.4, -0.2) is 61.0 Å². The number of pyridine rings is 1. The van der Waals surface area contributed by atoms with Gasteiger partial charge < -0.3 is 23.8 Å². The number of hydrogen-bond donors (Lipinski definition) is 0. The fraction of sp³-hybridized carbons (Fsp3) is 0.389. The zero-order valence-corrected chi connectivity index (χ0v) is 26.5. The standard InChI is InChI=1S/C36H40FN3O5/c1-23-19-31-38-29-22-40(31)34(32(23)33(42-4)35(41)43-5)39-16-14-36(3,15-17-39)44-18-7-6-9-24(2)45-30-21-27(37)12-13-28(30)25-10-8-11-26(29)20-25/h6-8,10-13,19-22,24,33H,9,14-18H2,1-5H3. The maximum absolute atomic E-state index is 14.4. The van der Waals surface area contributed by atoms with E-state index in [1.54, 1.807) is 6.07 Å². The molecule has 5 heterocycles. The van der Waals surface area contributed by atoms with Crippen molar-refractivity contribution < 1.29 is 28.1 Å². The van der Waals surface area contributed by atoms with Gasteiger partial charge in [0, 0.05) is 55.6 Å². The van der Waals surface area contributed by atoms with Crippen LogP contribution in [0.15, 0.2) is 66.9 Å². The number of nitrogens with zero attached hydrogens (tertiary/aromatic N) is 3. The van der Waals surface area contributed by atoms with Crippen LogP contribution in [0.3, 0.4) is 0 Å². The lowest BCUT2D eigenvalue weighted by molar-refractivity contribution is -0.152. The Labute approximate surface area is 263 Å². The molecule has 2 aromatic carbocycles. The normalized spacial score (nSPS) is 20.9.